The molecule has 0 radical (unpaired) electrons. The highest BCUT2D eigenvalue weighted by molar-refractivity contribution is 7.14. The van der Waals surface area contributed by atoms with Gasteiger partial charge in [-0.3, -0.25) is 9.48 Å². The van der Waals surface area contributed by atoms with Gasteiger partial charge in [-0.2, -0.15) is 15.6 Å². The molecule has 2 aromatic heterocycles. The number of anilines is 1. The molecule has 0 fully saturated rings. The Hall–Kier alpha value is -4.46. The first-order valence-electron chi connectivity index (χ1n) is 9.75. The third-order valence-electron chi connectivity index (χ3n) is 4.70. The Labute approximate surface area is 189 Å². The summed E-state index contributed by atoms with van der Waals surface area (Å²) in [6, 6.07) is 25.2. The van der Waals surface area contributed by atoms with Crippen LogP contribution < -0.4 is 5.32 Å². The quantitative estimate of drug-likeness (QED) is 0.338. The first-order valence-corrected chi connectivity index (χ1v) is 10.6. The molecule has 1 amide bonds. The predicted octanol–water partition coefficient (Wildman–Crippen LogP) is 5.08. The maximum atomic E-state index is 12.7. The Balaban J connectivity index is 1.70. The lowest BCUT2D eigenvalue weighted by Gasteiger charge is -2.02. The topological polar surface area (TPSA) is 94.5 Å². The number of nitrogens with zero attached hydrogens (tertiary/aromatic N) is 4. The molecule has 2 heterocycles. The number of carbonyl (C=O) groups is 1. The van der Waals surface area contributed by atoms with Crippen LogP contribution in [-0.2, 0) is 11.3 Å². The first-order chi connectivity index (χ1) is 15.7. The molecule has 6 nitrogen and oxygen atoms in total. The minimum Gasteiger partial charge on any atom is -0.312 e. The number of benzene rings is 2. The lowest BCUT2D eigenvalue weighted by Crippen LogP contribution is -2.13. The van der Waals surface area contributed by atoms with E-state index in [0.717, 1.165) is 11.1 Å². The van der Waals surface area contributed by atoms with E-state index in [1.54, 1.807) is 16.1 Å². The van der Waals surface area contributed by atoms with Crippen molar-refractivity contribution in [1.29, 1.82) is 10.5 Å². The van der Waals surface area contributed by atoms with Gasteiger partial charge in [-0.05, 0) is 23.1 Å². The molecule has 0 saturated heterocycles. The molecule has 0 unspecified atom stereocenters. The SMILES string of the molecule is N#CC(=Cc1cn(Cc2ccccc2)nc1-c1ccccc1)C(=O)Nc1sccc1C#N. The number of nitriles is 2. The zero-order valence-corrected chi connectivity index (χ0v) is 17.7. The molecule has 0 atom stereocenters. The Kier molecular flexibility index (Phi) is 6.22. The van der Waals surface area contributed by atoms with Crippen LogP contribution in [0, 0.1) is 22.7 Å². The summed E-state index contributed by atoms with van der Waals surface area (Å²) < 4.78 is 1.80. The standard InChI is InChI=1S/C25H17N5OS/c26-14-20-11-12-32-25(20)28-24(31)21(15-27)13-22-17-30(16-18-7-3-1-4-8-18)29-23(22)19-9-5-2-6-10-19/h1-13,17H,16H2,(H,28,31). The fourth-order valence-electron chi connectivity index (χ4n) is 3.18. The van der Waals surface area contributed by atoms with Gasteiger partial charge in [0.15, 0.2) is 0 Å². The van der Waals surface area contributed by atoms with Crippen LogP contribution in [0.4, 0.5) is 5.00 Å². The van der Waals surface area contributed by atoms with Crippen LogP contribution >= 0.6 is 11.3 Å². The van der Waals surface area contributed by atoms with E-state index in [-0.39, 0.29) is 5.57 Å². The second-order valence-corrected chi connectivity index (χ2v) is 7.80. The zero-order chi connectivity index (χ0) is 22.3. The summed E-state index contributed by atoms with van der Waals surface area (Å²) in [6.07, 6.45) is 3.36. The average Bonchev–Trinajstić information content (AvgIpc) is 3.44. The highest BCUT2D eigenvalue weighted by Gasteiger charge is 2.16. The lowest BCUT2D eigenvalue weighted by atomic mass is 10.1. The van der Waals surface area contributed by atoms with Crippen molar-refractivity contribution < 1.29 is 4.79 Å². The molecule has 0 aliphatic heterocycles. The fraction of sp³-hybridized carbons (Fsp3) is 0.0400. The third-order valence-corrected chi connectivity index (χ3v) is 5.53. The van der Waals surface area contributed by atoms with Crippen molar-refractivity contribution in [1.82, 2.24) is 9.78 Å². The summed E-state index contributed by atoms with van der Waals surface area (Å²) in [5.41, 5.74) is 3.60. The number of hydrogen-bond acceptors (Lipinski definition) is 5. The number of thiophene rings is 1. The highest BCUT2D eigenvalue weighted by Crippen LogP contribution is 2.26. The second kappa shape index (κ2) is 9.57. The summed E-state index contributed by atoms with van der Waals surface area (Å²) in [4.78, 5) is 12.7. The summed E-state index contributed by atoms with van der Waals surface area (Å²) in [7, 11) is 0. The van der Waals surface area contributed by atoms with E-state index in [1.165, 1.54) is 17.4 Å². The van der Waals surface area contributed by atoms with E-state index in [0.29, 0.717) is 28.4 Å². The van der Waals surface area contributed by atoms with E-state index in [4.69, 9.17) is 10.4 Å². The van der Waals surface area contributed by atoms with Gasteiger partial charge in [0.05, 0.1) is 17.8 Å². The van der Waals surface area contributed by atoms with Crippen molar-refractivity contribution in [3.8, 4) is 23.4 Å². The smallest absolute Gasteiger partial charge is 0.266 e. The van der Waals surface area contributed by atoms with E-state index < -0.39 is 5.91 Å². The summed E-state index contributed by atoms with van der Waals surface area (Å²) >= 11 is 1.23. The Morgan fingerprint density at radius 3 is 2.47 bits per heavy atom. The molecule has 7 heteroatoms. The van der Waals surface area contributed by atoms with Gasteiger partial charge in [0.1, 0.15) is 22.7 Å². The Morgan fingerprint density at radius 1 is 1.06 bits per heavy atom. The van der Waals surface area contributed by atoms with Crippen LogP contribution in [0.1, 0.15) is 16.7 Å². The molecule has 0 bridgehead atoms. The molecule has 0 spiro atoms. The van der Waals surface area contributed by atoms with Crippen molar-refractivity contribution in [3.05, 3.63) is 101 Å². The van der Waals surface area contributed by atoms with Gasteiger partial charge in [0.25, 0.3) is 5.91 Å². The predicted molar refractivity (Wildman–Crippen MR) is 124 cm³/mol. The molecule has 32 heavy (non-hydrogen) atoms. The molecule has 4 aromatic rings. The number of nitrogens with one attached hydrogen (secondary N) is 1. The zero-order valence-electron chi connectivity index (χ0n) is 16.9. The van der Waals surface area contributed by atoms with Crippen LogP contribution in [-0.4, -0.2) is 15.7 Å². The maximum Gasteiger partial charge on any atom is 0.266 e. The van der Waals surface area contributed by atoms with Crippen LogP contribution in [0.5, 0.6) is 0 Å². The third kappa shape index (κ3) is 4.65. The van der Waals surface area contributed by atoms with Crippen molar-refractivity contribution >= 4 is 28.3 Å². The van der Waals surface area contributed by atoms with Gasteiger partial charge in [0, 0.05) is 17.3 Å². The normalized spacial score (nSPS) is 10.9. The first kappa shape index (κ1) is 20.8. The van der Waals surface area contributed by atoms with E-state index in [2.05, 4.69) is 5.32 Å². The maximum absolute atomic E-state index is 12.7. The van der Waals surface area contributed by atoms with Crippen molar-refractivity contribution in [2.45, 2.75) is 6.54 Å². The number of hydrogen-bond donors (Lipinski definition) is 1. The molecular weight excluding hydrogens is 418 g/mol. The number of aromatic nitrogens is 2. The van der Waals surface area contributed by atoms with E-state index >= 15 is 0 Å². The van der Waals surface area contributed by atoms with Gasteiger partial charge < -0.3 is 5.32 Å². The highest BCUT2D eigenvalue weighted by atomic mass is 32.1. The van der Waals surface area contributed by atoms with Crippen LogP contribution in [0.3, 0.4) is 0 Å². The minimum atomic E-state index is -0.568. The largest absolute Gasteiger partial charge is 0.312 e. The summed E-state index contributed by atoms with van der Waals surface area (Å²) in [6.45, 7) is 0.559. The molecule has 4 rings (SSSR count). The molecule has 2 aromatic carbocycles. The molecule has 0 saturated carbocycles. The van der Waals surface area contributed by atoms with Gasteiger partial charge >= 0.3 is 0 Å². The van der Waals surface area contributed by atoms with Gasteiger partial charge in [-0.25, -0.2) is 0 Å². The van der Waals surface area contributed by atoms with E-state index in [9.17, 15) is 10.1 Å². The second-order valence-electron chi connectivity index (χ2n) is 6.88. The number of rotatable bonds is 6. The van der Waals surface area contributed by atoms with Gasteiger partial charge in [-0.15, -0.1) is 11.3 Å². The Bertz CT molecular complexity index is 1350. The van der Waals surface area contributed by atoms with Crippen LogP contribution in [0.15, 0.2) is 83.9 Å². The average molecular weight is 436 g/mol. The fourth-order valence-corrected chi connectivity index (χ4v) is 3.92. The molecule has 0 aliphatic carbocycles. The molecule has 154 valence electrons. The van der Waals surface area contributed by atoms with Crippen LogP contribution in [0.25, 0.3) is 17.3 Å². The summed E-state index contributed by atoms with van der Waals surface area (Å²) in [5.74, 6) is -0.568. The van der Waals surface area contributed by atoms with E-state index in [1.807, 2.05) is 79.0 Å². The van der Waals surface area contributed by atoms with Gasteiger partial charge in [-0.1, -0.05) is 60.7 Å². The molecule has 0 aliphatic rings. The minimum absolute atomic E-state index is 0.0706. The van der Waals surface area contributed by atoms with Crippen LogP contribution in [0.2, 0.25) is 0 Å². The monoisotopic (exact) mass is 435 g/mol. The summed E-state index contributed by atoms with van der Waals surface area (Å²) in [5, 5.41) is 28.3. The number of amides is 1. The molecular formula is C25H17N5OS. The lowest BCUT2D eigenvalue weighted by molar-refractivity contribution is -0.112. The number of carbonyl (C=O) groups excluding carboxylic acids is 1. The Morgan fingerprint density at radius 2 is 1.78 bits per heavy atom. The van der Waals surface area contributed by atoms with Crippen molar-refractivity contribution in [2.24, 2.45) is 0 Å². The molecule has 1 N–H and O–H groups in total. The van der Waals surface area contributed by atoms with Gasteiger partial charge in [0.2, 0.25) is 0 Å². The van der Waals surface area contributed by atoms with Crippen molar-refractivity contribution in [3.63, 3.8) is 0 Å². The van der Waals surface area contributed by atoms with Crippen molar-refractivity contribution in [2.75, 3.05) is 5.32 Å².